The van der Waals surface area contributed by atoms with Crippen LogP contribution in [0.3, 0.4) is 0 Å². The van der Waals surface area contributed by atoms with E-state index in [9.17, 15) is 38.4 Å². The Labute approximate surface area is 470 Å². The number of primary amides is 1. The molecular weight excluding hydrogens is 1010 g/mol. The van der Waals surface area contributed by atoms with Crippen LogP contribution in [-0.4, -0.2) is 163 Å². The molecule has 2 aromatic rings. The van der Waals surface area contributed by atoms with Crippen LogP contribution >= 0.6 is 0 Å². The van der Waals surface area contributed by atoms with Gasteiger partial charge in [0.15, 0.2) is 0 Å². The van der Waals surface area contributed by atoms with Gasteiger partial charge in [0, 0.05) is 63.6 Å². The third-order valence-corrected chi connectivity index (χ3v) is 12.9. The van der Waals surface area contributed by atoms with Crippen molar-refractivity contribution in [2.45, 2.75) is 149 Å². The first-order valence-electron chi connectivity index (χ1n) is 28.4. The van der Waals surface area contributed by atoms with Crippen LogP contribution in [0.15, 0.2) is 73.3 Å². The van der Waals surface area contributed by atoms with E-state index in [2.05, 4.69) is 22.5 Å². The van der Waals surface area contributed by atoms with Crippen molar-refractivity contribution in [2.24, 2.45) is 40.7 Å². The topological polar surface area (TPSA) is 299 Å². The Bertz CT molecular complexity index is 2150. The third-order valence-electron chi connectivity index (χ3n) is 12.9. The molecule has 20 nitrogen and oxygen atoms in total. The Kier molecular flexibility index (Phi) is 34.0. The maximum atomic E-state index is 14.5. The second kappa shape index (κ2) is 39.1. The quantitative estimate of drug-likeness (QED) is 0.0367. The van der Waals surface area contributed by atoms with E-state index in [1.165, 1.54) is 25.7 Å². The number of carbonyl (C=O) groups is 8. The molecule has 0 aliphatic carbocycles. The molecule has 0 heterocycles. The number of nitrogens with one attached hydrogen (secondary N) is 3. The van der Waals surface area contributed by atoms with E-state index >= 15 is 0 Å². The van der Waals surface area contributed by atoms with Gasteiger partial charge in [0.2, 0.25) is 41.4 Å². The van der Waals surface area contributed by atoms with E-state index < -0.39 is 67.0 Å². The van der Waals surface area contributed by atoms with Crippen LogP contribution in [0.4, 0.5) is 4.79 Å². The molecule has 442 valence electrons. The van der Waals surface area contributed by atoms with Crippen LogP contribution in [0.2, 0.25) is 0 Å². The molecule has 0 aliphatic rings. The van der Waals surface area contributed by atoms with Gasteiger partial charge < -0.3 is 58.3 Å². The monoisotopic (exact) mass is 1100 g/mol. The number of aryl methyl sites for hydroxylation is 1. The molecular formula is C59H97N11O9. The predicted molar refractivity (Wildman–Crippen MR) is 310 cm³/mol. The lowest BCUT2D eigenvalue weighted by molar-refractivity contribution is -0.138. The number of amides is 8. The first kappa shape index (κ1) is 68.7. The zero-order chi connectivity index (χ0) is 58.7. The molecule has 79 heavy (non-hydrogen) atoms. The van der Waals surface area contributed by atoms with Crippen molar-refractivity contribution in [3.63, 3.8) is 0 Å². The maximum absolute atomic E-state index is 14.5. The molecule has 2 rings (SSSR count). The highest BCUT2D eigenvalue weighted by Gasteiger charge is 2.29. The lowest BCUT2D eigenvalue weighted by atomic mass is 10.0. The zero-order valence-electron chi connectivity index (χ0n) is 48.3. The highest BCUT2D eigenvalue weighted by Crippen LogP contribution is 2.15. The standard InChI is InChI=1S/C59H97N11O9/c1-8-31-79-59(78)70(36-48(62)23-15-17-28-60)42-55(74)66-51(35-47-21-13-10-14-22-47)38-68(56(75)26-25-46-19-11-9-12-20-46)40-54(73)65-50(24-16-18-29-61)37-69(58(77)34-45(6)7)41-53(72)64-49(32-43(2)3)27-30-67(39-52(63)71)57(76)33-44(4)5/h8-14,19-22,43-45,48-51H,1,15-18,23-42,60-62H2,2-7H3,(H2,63,71)(H,64,72)(H,65,73)(H,66,74)/t48-,49+,50-,51-/m0/s1. The van der Waals surface area contributed by atoms with Crippen molar-refractivity contribution in [1.82, 2.24) is 35.6 Å². The van der Waals surface area contributed by atoms with Crippen LogP contribution < -0.4 is 38.9 Å². The maximum Gasteiger partial charge on any atom is 0.410 e. The highest BCUT2D eigenvalue weighted by molar-refractivity contribution is 5.87. The van der Waals surface area contributed by atoms with Crippen LogP contribution in [-0.2, 0) is 51.1 Å². The third kappa shape index (κ3) is 31.1. The molecule has 0 spiro atoms. The summed E-state index contributed by atoms with van der Waals surface area (Å²) in [6, 6.07) is 16.6. The van der Waals surface area contributed by atoms with E-state index in [4.69, 9.17) is 27.7 Å². The first-order valence-corrected chi connectivity index (χ1v) is 28.4. The van der Waals surface area contributed by atoms with Gasteiger partial charge in [0.25, 0.3) is 0 Å². The molecule has 0 aromatic heterocycles. The summed E-state index contributed by atoms with van der Waals surface area (Å²) in [5.41, 5.74) is 25.3. The normalized spacial score (nSPS) is 12.7. The Morgan fingerprint density at radius 3 is 1.59 bits per heavy atom. The first-order chi connectivity index (χ1) is 37.6. The molecule has 11 N–H and O–H groups in total. The van der Waals surface area contributed by atoms with Gasteiger partial charge in [-0.1, -0.05) is 128 Å². The smallest absolute Gasteiger partial charge is 0.410 e. The second-order valence-electron chi connectivity index (χ2n) is 22.0. The van der Waals surface area contributed by atoms with E-state index in [0.717, 1.165) is 24.0 Å². The van der Waals surface area contributed by atoms with Crippen molar-refractivity contribution in [2.75, 3.05) is 72.1 Å². The lowest BCUT2D eigenvalue weighted by Crippen LogP contribution is -2.54. The Morgan fingerprint density at radius 1 is 0.570 bits per heavy atom. The van der Waals surface area contributed by atoms with Crippen molar-refractivity contribution in [1.29, 1.82) is 0 Å². The summed E-state index contributed by atoms with van der Waals surface area (Å²) < 4.78 is 5.33. The highest BCUT2D eigenvalue weighted by atomic mass is 16.6. The van der Waals surface area contributed by atoms with E-state index in [1.807, 2.05) is 102 Å². The number of nitrogens with two attached hydrogens (primary N) is 4. The number of benzene rings is 2. The van der Waals surface area contributed by atoms with Gasteiger partial charge in [0.1, 0.15) is 13.2 Å². The molecule has 0 saturated carbocycles. The summed E-state index contributed by atoms with van der Waals surface area (Å²) in [5, 5.41) is 9.23. The molecule has 4 atom stereocenters. The van der Waals surface area contributed by atoms with Crippen molar-refractivity contribution < 1.29 is 43.1 Å². The molecule has 0 unspecified atom stereocenters. The summed E-state index contributed by atoms with van der Waals surface area (Å²) in [6.07, 6.45) is 6.39. The number of carbonyl (C=O) groups excluding carboxylic acids is 8. The Hall–Kier alpha value is -6.38. The zero-order valence-corrected chi connectivity index (χ0v) is 48.3. The molecule has 0 radical (unpaired) electrons. The van der Waals surface area contributed by atoms with Crippen LogP contribution in [0.25, 0.3) is 0 Å². The fraction of sp³-hybridized carbons (Fsp3) is 0.627. The molecule has 0 bridgehead atoms. The van der Waals surface area contributed by atoms with Gasteiger partial charge >= 0.3 is 6.09 Å². The van der Waals surface area contributed by atoms with Crippen LogP contribution in [0.1, 0.15) is 123 Å². The van der Waals surface area contributed by atoms with Gasteiger partial charge in [0.05, 0.1) is 25.7 Å². The molecule has 8 amide bonds. The van der Waals surface area contributed by atoms with Gasteiger partial charge in [-0.2, -0.15) is 0 Å². The molecule has 2 aromatic carbocycles. The van der Waals surface area contributed by atoms with Crippen LogP contribution in [0.5, 0.6) is 0 Å². The number of nitrogens with zero attached hydrogens (tertiary/aromatic N) is 4. The number of unbranched alkanes of at least 4 members (excludes halogenated alkanes) is 2. The van der Waals surface area contributed by atoms with Crippen molar-refractivity contribution in [3.8, 4) is 0 Å². The Balaban J connectivity index is 2.51. The van der Waals surface area contributed by atoms with Gasteiger partial charge in [-0.15, -0.1) is 0 Å². The average Bonchev–Trinajstić information content (AvgIpc) is 3.37. The van der Waals surface area contributed by atoms with Crippen molar-refractivity contribution >= 4 is 47.4 Å². The minimum atomic E-state index is -0.740. The molecule has 20 heteroatoms. The average molecular weight is 1100 g/mol. The minimum absolute atomic E-state index is 0.0166. The van der Waals surface area contributed by atoms with Crippen molar-refractivity contribution in [3.05, 3.63) is 84.4 Å². The van der Waals surface area contributed by atoms with E-state index in [0.29, 0.717) is 58.0 Å². The molecule has 0 aliphatic heterocycles. The summed E-state index contributed by atoms with van der Waals surface area (Å²) in [4.78, 5) is 115. The number of hydrogen-bond acceptors (Lipinski definition) is 12. The van der Waals surface area contributed by atoms with E-state index in [1.54, 1.807) is 0 Å². The van der Waals surface area contributed by atoms with Gasteiger partial charge in [-0.25, -0.2) is 4.79 Å². The fourth-order valence-electron chi connectivity index (χ4n) is 9.16. The minimum Gasteiger partial charge on any atom is -0.445 e. The van der Waals surface area contributed by atoms with Gasteiger partial charge in [-0.05, 0) is 93.3 Å². The fourth-order valence-corrected chi connectivity index (χ4v) is 9.16. The van der Waals surface area contributed by atoms with Crippen LogP contribution in [0, 0.1) is 17.8 Å². The lowest BCUT2D eigenvalue weighted by Gasteiger charge is -2.32. The number of ether oxygens (including phenoxy) is 1. The summed E-state index contributed by atoms with van der Waals surface area (Å²) in [5.74, 6) is -2.75. The largest absolute Gasteiger partial charge is 0.445 e. The van der Waals surface area contributed by atoms with Gasteiger partial charge in [-0.3, -0.25) is 38.5 Å². The number of hydrogen-bond donors (Lipinski definition) is 7. The predicted octanol–water partition coefficient (Wildman–Crippen LogP) is 4.03. The summed E-state index contributed by atoms with van der Waals surface area (Å²) in [6.45, 7) is 14.9. The SMILES string of the molecule is C=CCOC(=O)N(CC(=O)N[C@@H](Cc1ccccc1)CN(CC(=O)N[C@@H](CCCCN)CN(CC(=O)N[C@H](CCN(CC(N)=O)C(=O)CC(C)C)CC(C)C)C(=O)CC(C)C)C(=O)CCc1ccccc1)C[C@@H](N)CCCCN. The number of rotatable bonds is 41. The second-order valence-corrected chi connectivity index (χ2v) is 22.0. The molecule has 0 fully saturated rings. The summed E-state index contributed by atoms with van der Waals surface area (Å²) >= 11 is 0. The molecule has 0 saturated heterocycles. The van der Waals surface area contributed by atoms with E-state index in [-0.39, 0.29) is 107 Å². The Morgan fingerprint density at radius 2 is 1.06 bits per heavy atom. The summed E-state index contributed by atoms with van der Waals surface area (Å²) in [7, 11) is 0.